The standard InChI is InChI=1S/C13H11Cl2NO6S/c1-6(17)21-12-10(18)11(22-13(12)16-23(2,19)20)7-3-4-8(14)9(15)5-7/h3-5,16,18H,1-2H3. The zero-order valence-corrected chi connectivity index (χ0v) is 14.2. The molecule has 124 valence electrons. The van der Waals surface area contributed by atoms with Gasteiger partial charge in [0.15, 0.2) is 5.76 Å². The minimum Gasteiger partial charge on any atom is -0.502 e. The first-order valence-electron chi connectivity index (χ1n) is 6.06. The number of esters is 1. The van der Waals surface area contributed by atoms with Crippen LogP contribution in [0.1, 0.15) is 6.92 Å². The normalized spacial score (nSPS) is 11.3. The lowest BCUT2D eigenvalue weighted by Crippen LogP contribution is -2.11. The van der Waals surface area contributed by atoms with Crippen molar-refractivity contribution in [1.29, 1.82) is 0 Å². The summed E-state index contributed by atoms with van der Waals surface area (Å²) in [5.74, 6) is -2.32. The van der Waals surface area contributed by atoms with E-state index >= 15 is 0 Å². The maximum atomic E-state index is 11.4. The predicted octanol–water partition coefficient (Wildman–Crippen LogP) is 3.26. The summed E-state index contributed by atoms with van der Waals surface area (Å²) in [7, 11) is -3.73. The molecule has 2 N–H and O–H groups in total. The summed E-state index contributed by atoms with van der Waals surface area (Å²) in [6.07, 6.45) is 0.878. The van der Waals surface area contributed by atoms with Crippen molar-refractivity contribution in [2.75, 3.05) is 11.0 Å². The van der Waals surface area contributed by atoms with E-state index in [1.807, 2.05) is 4.72 Å². The number of ether oxygens (including phenoxy) is 1. The highest BCUT2D eigenvalue weighted by molar-refractivity contribution is 7.92. The molecule has 1 heterocycles. The predicted molar refractivity (Wildman–Crippen MR) is 85.6 cm³/mol. The molecular weight excluding hydrogens is 369 g/mol. The molecule has 0 atom stereocenters. The Bertz CT molecular complexity index is 875. The van der Waals surface area contributed by atoms with Crippen molar-refractivity contribution in [1.82, 2.24) is 0 Å². The van der Waals surface area contributed by atoms with Crippen molar-refractivity contribution in [3.05, 3.63) is 28.2 Å². The van der Waals surface area contributed by atoms with E-state index in [4.69, 9.17) is 32.4 Å². The minimum atomic E-state index is -3.73. The van der Waals surface area contributed by atoms with Gasteiger partial charge in [-0.05, 0) is 18.2 Å². The summed E-state index contributed by atoms with van der Waals surface area (Å²) in [6.45, 7) is 1.09. The molecule has 0 aliphatic carbocycles. The number of sulfonamides is 1. The molecule has 0 saturated heterocycles. The Balaban J connectivity index is 2.60. The van der Waals surface area contributed by atoms with Gasteiger partial charge in [0, 0.05) is 12.5 Å². The molecule has 0 aliphatic rings. The number of nitrogens with one attached hydrogen (secondary N) is 1. The Morgan fingerprint density at radius 1 is 1.30 bits per heavy atom. The third kappa shape index (κ3) is 4.10. The fourth-order valence-electron chi connectivity index (χ4n) is 1.71. The monoisotopic (exact) mass is 379 g/mol. The molecule has 0 radical (unpaired) electrons. The second kappa shape index (κ2) is 6.31. The van der Waals surface area contributed by atoms with Crippen molar-refractivity contribution in [2.24, 2.45) is 0 Å². The van der Waals surface area contributed by atoms with Crippen LogP contribution in [0.5, 0.6) is 11.5 Å². The molecule has 23 heavy (non-hydrogen) atoms. The third-order valence-corrected chi connectivity index (χ3v) is 3.84. The molecule has 0 fully saturated rings. The van der Waals surface area contributed by atoms with Crippen LogP contribution in [0.4, 0.5) is 5.88 Å². The number of hydrogen-bond donors (Lipinski definition) is 2. The van der Waals surface area contributed by atoms with Crippen LogP contribution in [0.25, 0.3) is 11.3 Å². The Kier molecular flexibility index (Phi) is 4.79. The van der Waals surface area contributed by atoms with E-state index in [1.165, 1.54) is 18.2 Å². The van der Waals surface area contributed by atoms with Gasteiger partial charge in [-0.3, -0.25) is 9.52 Å². The van der Waals surface area contributed by atoms with E-state index in [0.29, 0.717) is 5.56 Å². The topological polar surface area (TPSA) is 106 Å². The third-order valence-electron chi connectivity index (χ3n) is 2.55. The highest BCUT2D eigenvalue weighted by atomic mass is 35.5. The highest BCUT2D eigenvalue weighted by Gasteiger charge is 2.26. The van der Waals surface area contributed by atoms with Gasteiger partial charge in [-0.25, -0.2) is 8.42 Å². The van der Waals surface area contributed by atoms with Gasteiger partial charge in [0.05, 0.1) is 16.3 Å². The lowest BCUT2D eigenvalue weighted by atomic mass is 10.1. The van der Waals surface area contributed by atoms with E-state index in [9.17, 15) is 18.3 Å². The van der Waals surface area contributed by atoms with Gasteiger partial charge < -0.3 is 14.3 Å². The van der Waals surface area contributed by atoms with Crippen molar-refractivity contribution >= 4 is 45.1 Å². The molecule has 0 unspecified atom stereocenters. The largest absolute Gasteiger partial charge is 0.502 e. The molecule has 7 nitrogen and oxygen atoms in total. The molecule has 2 rings (SSSR count). The summed E-state index contributed by atoms with van der Waals surface area (Å²) in [6, 6.07) is 4.37. The lowest BCUT2D eigenvalue weighted by Gasteiger charge is -2.02. The number of halogens is 2. The Hall–Kier alpha value is -1.90. The number of carbonyl (C=O) groups is 1. The number of furan rings is 1. The number of carbonyl (C=O) groups excluding carboxylic acids is 1. The van der Waals surface area contributed by atoms with E-state index in [2.05, 4.69) is 0 Å². The van der Waals surface area contributed by atoms with Crippen LogP contribution in [0, 0.1) is 0 Å². The van der Waals surface area contributed by atoms with Gasteiger partial charge in [0.1, 0.15) is 0 Å². The van der Waals surface area contributed by atoms with Crippen molar-refractivity contribution < 1.29 is 27.5 Å². The second-order valence-corrected chi connectivity index (χ2v) is 7.10. The van der Waals surface area contributed by atoms with Crippen molar-refractivity contribution in [3.8, 4) is 22.8 Å². The van der Waals surface area contributed by atoms with Gasteiger partial charge in [-0.1, -0.05) is 23.2 Å². The van der Waals surface area contributed by atoms with Crippen LogP contribution < -0.4 is 9.46 Å². The maximum Gasteiger partial charge on any atom is 0.308 e. The van der Waals surface area contributed by atoms with E-state index in [-0.39, 0.29) is 15.8 Å². The van der Waals surface area contributed by atoms with E-state index in [1.54, 1.807) is 0 Å². The number of anilines is 1. The number of aromatic hydroxyl groups is 1. The molecule has 2 aromatic rings. The zero-order chi connectivity index (χ0) is 17.4. The van der Waals surface area contributed by atoms with Gasteiger partial charge in [0.2, 0.25) is 21.5 Å². The molecule has 1 aromatic heterocycles. The summed E-state index contributed by atoms with van der Waals surface area (Å²) in [4.78, 5) is 11.1. The van der Waals surface area contributed by atoms with Gasteiger partial charge in [-0.2, -0.15) is 0 Å². The summed E-state index contributed by atoms with van der Waals surface area (Å²) in [5.41, 5.74) is 0.312. The lowest BCUT2D eigenvalue weighted by molar-refractivity contribution is -0.131. The van der Waals surface area contributed by atoms with Crippen LogP contribution in [-0.2, 0) is 14.8 Å². The molecule has 0 saturated carbocycles. The summed E-state index contributed by atoms with van der Waals surface area (Å²) < 4.78 is 34.8. The number of rotatable bonds is 4. The first-order valence-corrected chi connectivity index (χ1v) is 8.70. The molecule has 0 spiro atoms. The highest BCUT2D eigenvalue weighted by Crippen LogP contribution is 2.47. The second-order valence-electron chi connectivity index (χ2n) is 4.53. The van der Waals surface area contributed by atoms with Crippen LogP contribution in [-0.4, -0.2) is 25.7 Å². The van der Waals surface area contributed by atoms with E-state index < -0.39 is 33.4 Å². The maximum absolute atomic E-state index is 11.4. The summed E-state index contributed by atoms with van der Waals surface area (Å²) >= 11 is 11.7. The molecule has 0 aliphatic heterocycles. The SMILES string of the molecule is CC(=O)Oc1c(NS(C)(=O)=O)oc(-c2ccc(Cl)c(Cl)c2)c1O. The summed E-state index contributed by atoms with van der Waals surface area (Å²) in [5, 5.41) is 10.7. The smallest absolute Gasteiger partial charge is 0.308 e. The van der Waals surface area contributed by atoms with Crippen molar-refractivity contribution in [3.63, 3.8) is 0 Å². The first kappa shape index (κ1) is 17.5. The zero-order valence-electron chi connectivity index (χ0n) is 11.9. The van der Waals surface area contributed by atoms with Crippen LogP contribution in [0.3, 0.4) is 0 Å². The van der Waals surface area contributed by atoms with Gasteiger partial charge in [0.25, 0.3) is 5.88 Å². The molecule has 0 amide bonds. The number of hydrogen-bond acceptors (Lipinski definition) is 6. The average molecular weight is 380 g/mol. The minimum absolute atomic E-state index is 0.133. The van der Waals surface area contributed by atoms with E-state index in [0.717, 1.165) is 13.2 Å². The average Bonchev–Trinajstić information content (AvgIpc) is 2.68. The van der Waals surface area contributed by atoms with Gasteiger partial charge >= 0.3 is 5.97 Å². The van der Waals surface area contributed by atoms with Crippen LogP contribution in [0.15, 0.2) is 22.6 Å². The van der Waals surface area contributed by atoms with Crippen LogP contribution >= 0.6 is 23.2 Å². The molecule has 10 heteroatoms. The molecule has 1 aromatic carbocycles. The van der Waals surface area contributed by atoms with Gasteiger partial charge in [-0.15, -0.1) is 0 Å². The van der Waals surface area contributed by atoms with Crippen molar-refractivity contribution in [2.45, 2.75) is 6.92 Å². The fourth-order valence-corrected chi connectivity index (χ4v) is 2.48. The Morgan fingerprint density at radius 2 is 1.96 bits per heavy atom. The quantitative estimate of drug-likeness (QED) is 0.789. The molecular formula is C13H11Cl2NO6S. The van der Waals surface area contributed by atoms with Crippen LogP contribution in [0.2, 0.25) is 10.0 Å². The molecule has 0 bridgehead atoms. The first-order chi connectivity index (χ1) is 10.6. The number of benzene rings is 1. The Labute approximate surface area is 141 Å². The fraction of sp³-hybridized carbons (Fsp3) is 0.154. The Morgan fingerprint density at radius 3 is 2.48 bits per heavy atom.